The normalized spacial score (nSPS) is 12.6. The lowest BCUT2D eigenvalue weighted by atomic mass is 10.0. The van der Waals surface area contributed by atoms with Gasteiger partial charge in [0.1, 0.15) is 0 Å². The highest BCUT2D eigenvalue weighted by molar-refractivity contribution is 14.1. The van der Waals surface area contributed by atoms with E-state index in [-0.39, 0.29) is 0 Å². The van der Waals surface area contributed by atoms with Gasteiger partial charge in [-0.3, -0.25) is 4.68 Å². The molecule has 2 rings (SSSR count). The maximum atomic E-state index is 4.25. The van der Waals surface area contributed by atoms with E-state index in [4.69, 9.17) is 0 Å². The summed E-state index contributed by atoms with van der Waals surface area (Å²) in [4.78, 5) is 0. The van der Waals surface area contributed by atoms with Crippen molar-refractivity contribution >= 4 is 22.6 Å². The van der Waals surface area contributed by atoms with Gasteiger partial charge in [-0.25, -0.2) is 0 Å². The Morgan fingerprint density at radius 2 is 2.06 bits per heavy atom. The molecule has 3 nitrogen and oxygen atoms in total. The summed E-state index contributed by atoms with van der Waals surface area (Å²) in [6.45, 7) is 3.10. The topological polar surface area (TPSA) is 29.9 Å². The zero-order valence-corrected chi connectivity index (χ0v) is 12.9. The number of hydrogen-bond donors (Lipinski definition) is 1. The van der Waals surface area contributed by atoms with Gasteiger partial charge >= 0.3 is 0 Å². The van der Waals surface area contributed by atoms with Crippen LogP contribution in [0, 0.1) is 3.57 Å². The van der Waals surface area contributed by atoms with Gasteiger partial charge in [0.25, 0.3) is 0 Å². The minimum absolute atomic E-state index is 0.337. The van der Waals surface area contributed by atoms with Gasteiger partial charge in [-0.15, -0.1) is 0 Å². The van der Waals surface area contributed by atoms with Crippen molar-refractivity contribution in [1.29, 1.82) is 0 Å². The van der Waals surface area contributed by atoms with E-state index in [1.807, 2.05) is 17.9 Å². The molecular formula is C14H18IN3. The molecule has 1 heterocycles. The fraction of sp³-hybridized carbons (Fsp3) is 0.357. The van der Waals surface area contributed by atoms with Crippen LogP contribution in [-0.2, 0) is 13.5 Å². The summed E-state index contributed by atoms with van der Waals surface area (Å²) in [5.74, 6) is 0. The monoisotopic (exact) mass is 355 g/mol. The summed E-state index contributed by atoms with van der Waals surface area (Å²) in [6, 6.07) is 9.04. The predicted octanol–water partition coefficient (Wildman–Crippen LogP) is 2.92. The molecule has 0 aliphatic carbocycles. The highest BCUT2D eigenvalue weighted by atomic mass is 127. The zero-order chi connectivity index (χ0) is 13.0. The molecule has 0 radical (unpaired) electrons. The molecule has 0 fully saturated rings. The van der Waals surface area contributed by atoms with E-state index in [9.17, 15) is 0 Å². The summed E-state index contributed by atoms with van der Waals surface area (Å²) >= 11 is 2.33. The first kappa shape index (κ1) is 13.5. The van der Waals surface area contributed by atoms with Crippen LogP contribution in [-0.4, -0.2) is 16.3 Å². The first-order valence-electron chi connectivity index (χ1n) is 6.15. The number of halogens is 1. The lowest BCUT2D eigenvalue weighted by Gasteiger charge is -2.16. The zero-order valence-electron chi connectivity index (χ0n) is 10.7. The molecule has 0 aliphatic heterocycles. The molecule has 1 N–H and O–H groups in total. The van der Waals surface area contributed by atoms with E-state index in [1.165, 1.54) is 14.7 Å². The molecule has 1 unspecified atom stereocenters. The Kier molecular flexibility index (Phi) is 4.77. The molecule has 0 aliphatic rings. The number of benzene rings is 1. The van der Waals surface area contributed by atoms with Crippen molar-refractivity contribution < 1.29 is 0 Å². The Labute approximate surface area is 122 Å². The van der Waals surface area contributed by atoms with Crippen molar-refractivity contribution in [2.45, 2.75) is 19.4 Å². The fourth-order valence-corrected chi connectivity index (χ4v) is 2.39. The molecule has 0 spiro atoms. The number of nitrogens with zero attached hydrogens (tertiary/aromatic N) is 2. The number of hydrogen-bond acceptors (Lipinski definition) is 2. The Balaban J connectivity index is 2.13. The molecule has 96 valence electrons. The number of aryl methyl sites for hydroxylation is 1. The standard InChI is InChI=1S/C14H18IN3/c1-3-16-14(12-9-17-18(2)10-12)8-11-4-6-13(15)7-5-11/h4-7,9-10,14,16H,3,8H2,1-2H3. The molecule has 0 bridgehead atoms. The van der Waals surface area contributed by atoms with E-state index in [1.54, 1.807) is 0 Å². The minimum Gasteiger partial charge on any atom is -0.310 e. The van der Waals surface area contributed by atoms with Crippen molar-refractivity contribution in [2.75, 3.05) is 6.54 Å². The van der Waals surface area contributed by atoms with Gasteiger partial charge in [0.2, 0.25) is 0 Å². The fourth-order valence-electron chi connectivity index (χ4n) is 2.03. The van der Waals surface area contributed by atoms with Crippen molar-refractivity contribution in [3.8, 4) is 0 Å². The highest BCUT2D eigenvalue weighted by Crippen LogP contribution is 2.18. The van der Waals surface area contributed by atoms with Gasteiger partial charge in [0.05, 0.1) is 6.20 Å². The number of aromatic nitrogens is 2. The number of nitrogens with one attached hydrogen (secondary N) is 1. The lowest BCUT2D eigenvalue weighted by molar-refractivity contribution is 0.549. The van der Waals surface area contributed by atoms with Crippen molar-refractivity contribution in [3.05, 3.63) is 51.4 Å². The van der Waals surface area contributed by atoms with Crippen molar-refractivity contribution in [1.82, 2.24) is 15.1 Å². The van der Waals surface area contributed by atoms with E-state index in [0.717, 1.165) is 13.0 Å². The van der Waals surface area contributed by atoms with Crippen LogP contribution < -0.4 is 5.32 Å². The van der Waals surface area contributed by atoms with Gasteiger partial charge < -0.3 is 5.32 Å². The van der Waals surface area contributed by atoms with Crippen LogP contribution in [0.3, 0.4) is 0 Å². The molecular weight excluding hydrogens is 337 g/mol. The number of likely N-dealkylation sites (N-methyl/N-ethyl adjacent to an activating group) is 1. The first-order valence-corrected chi connectivity index (χ1v) is 7.23. The maximum absolute atomic E-state index is 4.25. The average Bonchev–Trinajstić information content (AvgIpc) is 2.78. The molecule has 4 heteroatoms. The smallest absolute Gasteiger partial charge is 0.0537 e. The second kappa shape index (κ2) is 6.33. The van der Waals surface area contributed by atoms with E-state index >= 15 is 0 Å². The predicted molar refractivity (Wildman–Crippen MR) is 82.5 cm³/mol. The molecule has 0 saturated carbocycles. The Hall–Kier alpha value is -0.880. The van der Waals surface area contributed by atoms with Gasteiger partial charge in [0, 0.05) is 28.4 Å². The third kappa shape index (κ3) is 3.55. The lowest BCUT2D eigenvalue weighted by Crippen LogP contribution is -2.22. The quantitative estimate of drug-likeness (QED) is 0.836. The van der Waals surface area contributed by atoms with Crippen molar-refractivity contribution in [3.63, 3.8) is 0 Å². The van der Waals surface area contributed by atoms with Crippen molar-refractivity contribution in [2.24, 2.45) is 7.05 Å². The summed E-state index contributed by atoms with van der Waals surface area (Å²) < 4.78 is 3.13. The van der Waals surface area contributed by atoms with Gasteiger partial charge in [0.15, 0.2) is 0 Å². The molecule has 1 aromatic heterocycles. The van der Waals surface area contributed by atoms with Crippen LogP contribution in [0.25, 0.3) is 0 Å². The maximum Gasteiger partial charge on any atom is 0.0537 e. The average molecular weight is 355 g/mol. The summed E-state index contributed by atoms with van der Waals surface area (Å²) in [7, 11) is 1.96. The first-order chi connectivity index (χ1) is 8.69. The van der Waals surface area contributed by atoms with E-state index in [2.05, 4.69) is 70.4 Å². The summed E-state index contributed by atoms with van der Waals surface area (Å²) in [5.41, 5.74) is 2.60. The Bertz CT molecular complexity index is 490. The van der Waals surface area contributed by atoms with E-state index in [0.29, 0.717) is 6.04 Å². The van der Waals surface area contributed by atoms with E-state index < -0.39 is 0 Å². The van der Waals surface area contributed by atoms with Crippen LogP contribution in [0.15, 0.2) is 36.7 Å². The molecule has 0 amide bonds. The second-order valence-corrected chi connectivity index (χ2v) is 5.63. The third-order valence-electron chi connectivity index (χ3n) is 2.93. The molecule has 0 saturated heterocycles. The highest BCUT2D eigenvalue weighted by Gasteiger charge is 2.12. The molecule has 1 atom stereocenters. The van der Waals surface area contributed by atoms with Crippen LogP contribution in [0.5, 0.6) is 0 Å². The summed E-state index contributed by atoms with van der Waals surface area (Å²) in [6.07, 6.45) is 5.02. The van der Waals surface area contributed by atoms with Crippen LogP contribution in [0.2, 0.25) is 0 Å². The van der Waals surface area contributed by atoms with Gasteiger partial charge in [-0.1, -0.05) is 19.1 Å². The minimum atomic E-state index is 0.337. The molecule has 1 aromatic carbocycles. The van der Waals surface area contributed by atoms with Gasteiger partial charge in [-0.2, -0.15) is 5.10 Å². The van der Waals surface area contributed by atoms with Gasteiger partial charge in [-0.05, 0) is 53.3 Å². The number of rotatable bonds is 5. The molecule has 2 aromatic rings. The Morgan fingerprint density at radius 3 is 2.61 bits per heavy atom. The van der Waals surface area contributed by atoms with Crippen LogP contribution in [0.1, 0.15) is 24.1 Å². The Morgan fingerprint density at radius 1 is 1.33 bits per heavy atom. The SMILES string of the molecule is CCNC(Cc1ccc(I)cc1)c1cnn(C)c1. The summed E-state index contributed by atoms with van der Waals surface area (Å²) in [5, 5.41) is 7.77. The largest absolute Gasteiger partial charge is 0.310 e. The third-order valence-corrected chi connectivity index (χ3v) is 3.65. The van der Waals surface area contributed by atoms with Crippen LogP contribution in [0.4, 0.5) is 0 Å². The van der Waals surface area contributed by atoms with Crippen LogP contribution >= 0.6 is 22.6 Å². The molecule has 18 heavy (non-hydrogen) atoms. The second-order valence-electron chi connectivity index (χ2n) is 4.39.